The van der Waals surface area contributed by atoms with E-state index in [1.807, 2.05) is 44.2 Å². The van der Waals surface area contributed by atoms with Gasteiger partial charge in [0.25, 0.3) is 5.91 Å². The van der Waals surface area contributed by atoms with E-state index >= 15 is 0 Å². The van der Waals surface area contributed by atoms with E-state index in [9.17, 15) is 9.59 Å². The molecule has 130 valence electrons. The molecule has 2 amide bonds. The highest BCUT2D eigenvalue weighted by atomic mass is 16.5. The largest absolute Gasteiger partial charge is 0.484 e. The van der Waals surface area contributed by atoms with E-state index in [4.69, 9.17) is 4.74 Å². The summed E-state index contributed by atoms with van der Waals surface area (Å²) in [4.78, 5) is 25.5. The highest BCUT2D eigenvalue weighted by Gasteiger charge is 2.17. The molecule has 0 saturated carbocycles. The van der Waals surface area contributed by atoms with Crippen LogP contribution >= 0.6 is 0 Å². The van der Waals surface area contributed by atoms with Crippen molar-refractivity contribution in [2.75, 3.05) is 23.9 Å². The molecule has 0 atom stereocenters. The smallest absolute Gasteiger partial charge is 0.264 e. The number of hydrogen-bond donors (Lipinski definition) is 1. The molecule has 0 aromatic heterocycles. The zero-order valence-electron chi connectivity index (χ0n) is 14.8. The third-order valence-electron chi connectivity index (χ3n) is 4.65. The van der Waals surface area contributed by atoms with Gasteiger partial charge in [0.2, 0.25) is 5.91 Å². The van der Waals surface area contributed by atoms with Crippen LogP contribution in [0.4, 0.5) is 11.4 Å². The summed E-state index contributed by atoms with van der Waals surface area (Å²) in [5, 5.41) is 2.83. The van der Waals surface area contributed by atoms with Crippen molar-refractivity contribution in [2.45, 2.75) is 26.7 Å². The molecule has 2 aromatic carbocycles. The molecule has 5 heteroatoms. The molecule has 0 saturated heterocycles. The first-order chi connectivity index (χ1) is 12.0. The average molecular weight is 338 g/mol. The first kappa shape index (κ1) is 17.0. The summed E-state index contributed by atoms with van der Waals surface area (Å²) < 4.78 is 5.67. The molecule has 0 radical (unpaired) electrons. The normalized spacial score (nSPS) is 13.0. The zero-order chi connectivity index (χ0) is 18.0. The Hall–Kier alpha value is -2.82. The van der Waals surface area contributed by atoms with Crippen LogP contribution in [0.15, 0.2) is 36.4 Å². The van der Waals surface area contributed by atoms with Crippen molar-refractivity contribution >= 4 is 23.2 Å². The second-order valence-corrected chi connectivity index (χ2v) is 6.33. The summed E-state index contributed by atoms with van der Waals surface area (Å²) >= 11 is 0. The molecule has 0 unspecified atom stereocenters. The van der Waals surface area contributed by atoms with Crippen LogP contribution < -0.4 is 15.0 Å². The van der Waals surface area contributed by atoms with Crippen LogP contribution in [0.1, 0.15) is 23.1 Å². The molecule has 1 aliphatic rings. The number of likely N-dealkylation sites (N-methyl/N-ethyl adjacent to an activating group) is 1. The Labute approximate surface area is 147 Å². The van der Waals surface area contributed by atoms with Gasteiger partial charge in [0.1, 0.15) is 5.75 Å². The molecular formula is C20H22N2O3. The summed E-state index contributed by atoms with van der Waals surface area (Å²) in [7, 11) is 1.76. The Morgan fingerprint density at radius 2 is 2.00 bits per heavy atom. The third kappa shape index (κ3) is 3.65. The number of anilines is 2. The maximum atomic E-state index is 12.5. The van der Waals surface area contributed by atoms with Crippen LogP contribution in [-0.4, -0.2) is 25.5 Å². The molecule has 1 heterocycles. The summed E-state index contributed by atoms with van der Waals surface area (Å²) in [5.74, 6) is 0.559. The molecule has 0 bridgehead atoms. The van der Waals surface area contributed by atoms with Crippen LogP contribution in [0, 0.1) is 13.8 Å². The van der Waals surface area contributed by atoms with E-state index in [0.29, 0.717) is 18.6 Å². The Morgan fingerprint density at radius 1 is 1.20 bits per heavy atom. The lowest BCUT2D eigenvalue weighted by molar-refractivity contribution is -0.120. The van der Waals surface area contributed by atoms with Gasteiger partial charge in [0, 0.05) is 24.8 Å². The van der Waals surface area contributed by atoms with Crippen molar-refractivity contribution < 1.29 is 14.3 Å². The number of fused-ring (bicyclic) bond motifs is 1. The van der Waals surface area contributed by atoms with Gasteiger partial charge >= 0.3 is 0 Å². The number of ether oxygens (including phenoxy) is 1. The molecule has 3 rings (SSSR count). The van der Waals surface area contributed by atoms with E-state index < -0.39 is 0 Å². The molecule has 0 aliphatic carbocycles. The van der Waals surface area contributed by atoms with Gasteiger partial charge in [-0.15, -0.1) is 0 Å². The minimum Gasteiger partial charge on any atom is -0.484 e. The Bertz CT molecular complexity index is 830. The van der Waals surface area contributed by atoms with E-state index in [1.165, 1.54) is 0 Å². The topological polar surface area (TPSA) is 58.6 Å². The number of amides is 2. The number of benzene rings is 2. The molecule has 1 N–H and O–H groups in total. The van der Waals surface area contributed by atoms with E-state index in [-0.39, 0.29) is 18.4 Å². The number of hydrogen-bond acceptors (Lipinski definition) is 3. The maximum Gasteiger partial charge on any atom is 0.264 e. The molecule has 0 spiro atoms. The number of aryl methyl sites for hydroxylation is 2. The van der Waals surface area contributed by atoms with Gasteiger partial charge < -0.3 is 15.0 Å². The monoisotopic (exact) mass is 338 g/mol. The van der Waals surface area contributed by atoms with Crippen molar-refractivity contribution in [1.29, 1.82) is 0 Å². The van der Waals surface area contributed by atoms with Crippen LogP contribution in [0.3, 0.4) is 0 Å². The molecule has 25 heavy (non-hydrogen) atoms. The molecule has 1 aliphatic heterocycles. The number of carbonyl (C=O) groups is 2. The standard InChI is InChI=1S/C20H22N2O3/c1-13-5-4-6-18(14(13)2)22(3)20(24)12-25-16-8-9-17-15(11-16)7-10-19(23)21-17/h4-6,8-9,11H,7,10,12H2,1-3H3,(H,21,23). The average Bonchev–Trinajstić information content (AvgIpc) is 2.61. The lowest BCUT2D eigenvalue weighted by atomic mass is 10.0. The van der Waals surface area contributed by atoms with Crippen molar-refractivity contribution in [3.05, 3.63) is 53.1 Å². The SMILES string of the molecule is Cc1cccc(N(C)C(=O)COc2ccc3c(c2)CCC(=O)N3)c1C. The lowest BCUT2D eigenvalue weighted by Gasteiger charge is -2.21. The Morgan fingerprint density at radius 3 is 2.80 bits per heavy atom. The highest BCUT2D eigenvalue weighted by Crippen LogP contribution is 2.27. The number of carbonyl (C=O) groups excluding carboxylic acids is 2. The van der Waals surface area contributed by atoms with Gasteiger partial charge in [0.05, 0.1) is 0 Å². The third-order valence-corrected chi connectivity index (χ3v) is 4.65. The minimum absolute atomic E-state index is 0.0327. The van der Waals surface area contributed by atoms with Gasteiger partial charge in [0.15, 0.2) is 6.61 Å². The molecule has 0 fully saturated rings. The summed E-state index contributed by atoms with van der Waals surface area (Å²) in [6.45, 7) is 4.00. The van der Waals surface area contributed by atoms with Crippen LogP contribution in [0.25, 0.3) is 0 Å². The van der Waals surface area contributed by atoms with Crippen molar-refractivity contribution in [2.24, 2.45) is 0 Å². The van der Waals surface area contributed by atoms with Crippen LogP contribution in [0.2, 0.25) is 0 Å². The summed E-state index contributed by atoms with van der Waals surface area (Å²) in [6.07, 6.45) is 1.17. The summed E-state index contributed by atoms with van der Waals surface area (Å²) in [6, 6.07) is 11.4. The van der Waals surface area contributed by atoms with E-state index in [0.717, 1.165) is 28.1 Å². The molecular weight excluding hydrogens is 316 g/mol. The number of rotatable bonds is 4. The van der Waals surface area contributed by atoms with Crippen molar-refractivity contribution in [1.82, 2.24) is 0 Å². The van der Waals surface area contributed by atoms with E-state index in [1.54, 1.807) is 18.0 Å². The number of nitrogens with one attached hydrogen (secondary N) is 1. The number of nitrogens with zero attached hydrogens (tertiary/aromatic N) is 1. The first-order valence-corrected chi connectivity index (χ1v) is 8.34. The van der Waals surface area contributed by atoms with Gasteiger partial charge in [-0.1, -0.05) is 12.1 Å². The highest BCUT2D eigenvalue weighted by molar-refractivity contribution is 5.95. The second kappa shape index (κ2) is 6.97. The first-order valence-electron chi connectivity index (χ1n) is 8.34. The predicted octanol–water partition coefficient (Wildman–Crippen LogP) is 3.23. The fourth-order valence-corrected chi connectivity index (χ4v) is 2.92. The quantitative estimate of drug-likeness (QED) is 0.931. The van der Waals surface area contributed by atoms with Crippen molar-refractivity contribution in [3.63, 3.8) is 0 Å². The van der Waals surface area contributed by atoms with Gasteiger partial charge in [-0.05, 0) is 61.2 Å². The minimum atomic E-state index is -0.111. The van der Waals surface area contributed by atoms with Gasteiger partial charge in [-0.25, -0.2) is 0 Å². The molecule has 5 nitrogen and oxygen atoms in total. The Balaban J connectivity index is 1.66. The lowest BCUT2D eigenvalue weighted by Crippen LogP contribution is -2.31. The maximum absolute atomic E-state index is 12.5. The summed E-state index contributed by atoms with van der Waals surface area (Å²) in [5.41, 5.74) is 4.98. The Kier molecular flexibility index (Phi) is 4.74. The van der Waals surface area contributed by atoms with Crippen LogP contribution in [0.5, 0.6) is 5.75 Å². The van der Waals surface area contributed by atoms with Crippen molar-refractivity contribution in [3.8, 4) is 5.75 Å². The molecule has 2 aromatic rings. The fourth-order valence-electron chi connectivity index (χ4n) is 2.92. The zero-order valence-corrected chi connectivity index (χ0v) is 14.8. The van der Waals surface area contributed by atoms with Crippen LogP contribution in [-0.2, 0) is 16.0 Å². The van der Waals surface area contributed by atoms with Gasteiger partial charge in [-0.3, -0.25) is 9.59 Å². The van der Waals surface area contributed by atoms with E-state index in [2.05, 4.69) is 5.32 Å². The second-order valence-electron chi connectivity index (χ2n) is 6.33. The fraction of sp³-hybridized carbons (Fsp3) is 0.300. The van der Waals surface area contributed by atoms with Gasteiger partial charge in [-0.2, -0.15) is 0 Å². The predicted molar refractivity (Wildman–Crippen MR) is 98.2 cm³/mol.